The molecule has 1 N–H and O–H groups in total. The molecule has 1 fully saturated rings. The fourth-order valence-electron chi connectivity index (χ4n) is 4.15. The Bertz CT molecular complexity index is 1050. The topological polar surface area (TPSA) is 49.8 Å². The molecule has 0 aliphatic carbocycles. The molecule has 1 aliphatic heterocycles. The van der Waals surface area contributed by atoms with E-state index in [4.69, 9.17) is 4.74 Å². The van der Waals surface area contributed by atoms with Gasteiger partial charge in [-0.2, -0.15) is 0 Å². The molecular weight excluding hydrogens is 386 g/mol. The van der Waals surface area contributed by atoms with E-state index in [0.717, 1.165) is 42.6 Å². The van der Waals surface area contributed by atoms with E-state index < -0.39 is 0 Å². The Morgan fingerprint density at radius 2 is 1.71 bits per heavy atom. The number of carbonyl (C=O) groups excluding carboxylic acids is 1. The highest BCUT2D eigenvalue weighted by molar-refractivity contribution is 6.02. The lowest BCUT2D eigenvalue weighted by atomic mass is 9.92. The van der Waals surface area contributed by atoms with Crippen LogP contribution < -0.4 is 4.74 Å². The summed E-state index contributed by atoms with van der Waals surface area (Å²) in [5, 5.41) is 10.6. The minimum atomic E-state index is -0.0355. The normalized spacial score (nSPS) is 15.0. The molecule has 0 radical (unpaired) electrons. The predicted molar refractivity (Wildman–Crippen MR) is 125 cm³/mol. The van der Waals surface area contributed by atoms with Gasteiger partial charge in [0.25, 0.3) is 0 Å². The average Bonchev–Trinajstić information content (AvgIpc) is 2.79. The van der Waals surface area contributed by atoms with Gasteiger partial charge in [-0.15, -0.1) is 0 Å². The third kappa shape index (κ3) is 4.97. The molecule has 4 rings (SSSR count). The van der Waals surface area contributed by atoms with Gasteiger partial charge in [-0.25, -0.2) is 0 Å². The van der Waals surface area contributed by atoms with E-state index in [0.29, 0.717) is 29.4 Å². The summed E-state index contributed by atoms with van der Waals surface area (Å²) in [5.41, 5.74) is 3.98. The van der Waals surface area contributed by atoms with E-state index in [1.807, 2.05) is 54.6 Å². The first-order valence-electron chi connectivity index (χ1n) is 10.9. The molecule has 0 amide bonds. The number of hydrogen-bond donors (Lipinski definition) is 1. The SMILES string of the molecule is CC(=O)c1ccc(-c2ccccc2)cc1-c1cc(OCC2CCN(C)CC2)ccc1O. The molecule has 1 saturated heterocycles. The number of likely N-dealkylation sites (tertiary alicyclic amines) is 1. The Morgan fingerprint density at radius 1 is 0.968 bits per heavy atom. The molecule has 4 nitrogen and oxygen atoms in total. The molecule has 0 unspecified atom stereocenters. The first-order chi connectivity index (χ1) is 15.0. The summed E-state index contributed by atoms with van der Waals surface area (Å²) in [6.45, 7) is 4.42. The summed E-state index contributed by atoms with van der Waals surface area (Å²) in [7, 11) is 2.15. The maximum Gasteiger partial charge on any atom is 0.160 e. The van der Waals surface area contributed by atoms with Crippen LogP contribution in [0.15, 0.2) is 66.7 Å². The second kappa shape index (κ2) is 9.36. The van der Waals surface area contributed by atoms with Crippen LogP contribution >= 0.6 is 0 Å². The van der Waals surface area contributed by atoms with Crippen molar-refractivity contribution in [3.63, 3.8) is 0 Å². The monoisotopic (exact) mass is 415 g/mol. The lowest BCUT2D eigenvalue weighted by Gasteiger charge is -2.28. The second-order valence-electron chi connectivity index (χ2n) is 8.42. The number of ketones is 1. The highest BCUT2D eigenvalue weighted by Gasteiger charge is 2.18. The average molecular weight is 416 g/mol. The minimum Gasteiger partial charge on any atom is -0.507 e. The quantitative estimate of drug-likeness (QED) is 0.529. The Morgan fingerprint density at radius 3 is 2.42 bits per heavy atom. The molecule has 0 aromatic heterocycles. The van der Waals surface area contributed by atoms with E-state index >= 15 is 0 Å². The van der Waals surface area contributed by atoms with Crippen molar-refractivity contribution in [3.05, 3.63) is 72.3 Å². The van der Waals surface area contributed by atoms with Crippen LogP contribution in [-0.2, 0) is 0 Å². The van der Waals surface area contributed by atoms with Crippen molar-refractivity contribution in [3.8, 4) is 33.8 Å². The number of Topliss-reactive ketones (excluding diaryl/α,β-unsaturated/α-hetero) is 1. The van der Waals surface area contributed by atoms with Crippen LogP contribution in [0.4, 0.5) is 0 Å². The Labute approximate surface area is 184 Å². The van der Waals surface area contributed by atoms with Gasteiger partial charge >= 0.3 is 0 Å². The van der Waals surface area contributed by atoms with Crippen molar-refractivity contribution in [1.82, 2.24) is 4.90 Å². The second-order valence-corrected chi connectivity index (χ2v) is 8.42. The van der Waals surface area contributed by atoms with Crippen LogP contribution in [0, 0.1) is 5.92 Å². The van der Waals surface area contributed by atoms with Gasteiger partial charge in [-0.05, 0) is 86.8 Å². The van der Waals surface area contributed by atoms with Crippen molar-refractivity contribution < 1.29 is 14.6 Å². The van der Waals surface area contributed by atoms with Gasteiger partial charge in [0.15, 0.2) is 5.78 Å². The smallest absolute Gasteiger partial charge is 0.160 e. The minimum absolute atomic E-state index is 0.0355. The number of carbonyl (C=O) groups is 1. The van der Waals surface area contributed by atoms with Crippen LogP contribution in [0.25, 0.3) is 22.3 Å². The van der Waals surface area contributed by atoms with E-state index in [1.165, 1.54) is 0 Å². The summed E-state index contributed by atoms with van der Waals surface area (Å²) < 4.78 is 6.10. The summed E-state index contributed by atoms with van der Waals surface area (Å²) in [6, 6.07) is 21.1. The third-order valence-corrected chi connectivity index (χ3v) is 6.09. The van der Waals surface area contributed by atoms with Crippen LogP contribution in [0.1, 0.15) is 30.1 Å². The number of aromatic hydroxyl groups is 1. The molecule has 0 spiro atoms. The van der Waals surface area contributed by atoms with Gasteiger partial charge in [0.1, 0.15) is 11.5 Å². The van der Waals surface area contributed by atoms with E-state index in [-0.39, 0.29) is 11.5 Å². The molecule has 0 bridgehead atoms. The van der Waals surface area contributed by atoms with Gasteiger partial charge in [0, 0.05) is 11.1 Å². The fraction of sp³-hybridized carbons (Fsp3) is 0.296. The van der Waals surface area contributed by atoms with Crippen molar-refractivity contribution in [1.29, 1.82) is 0 Å². The number of phenolic OH excluding ortho intramolecular Hbond substituents is 1. The molecule has 4 heteroatoms. The molecule has 0 atom stereocenters. The summed E-state index contributed by atoms with van der Waals surface area (Å²) >= 11 is 0. The van der Waals surface area contributed by atoms with Crippen molar-refractivity contribution in [2.24, 2.45) is 5.92 Å². The first-order valence-corrected chi connectivity index (χ1v) is 10.9. The van der Waals surface area contributed by atoms with Crippen molar-refractivity contribution in [2.45, 2.75) is 19.8 Å². The van der Waals surface area contributed by atoms with E-state index in [2.05, 4.69) is 11.9 Å². The lowest BCUT2D eigenvalue weighted by molar-refractivity contribution is 0.101. The number of nitrogens with zero attached hydrogens (tertiary/aromatic N) is 1. The molecule has 1 heterocycles. The predicted octanol–water partition coefficient (Wildman–Crippen LogP) is 5.65. The zero-order valence-corrected chi connectivity index (χ0v) is 18.2. The molecule has 3 aromatic rings. The zero-order valence-electron chi connectivity index (χ0n) is 18.2. The number of ether oxygens (including phenoxy) is 1. The highest BCUT2D eigenvalue weighted by atomic mass is 16.5. The van der Waals surface area contributed by atoms with Crippen LogP contribution in [-0.4, -0.2) is 42.5 Å². The molecule has 0 saturated carbocycles. The van der Waals surface area contributed by atoms with Crippen molar-refractivity contribution in [2.75, 3.05) is 26.7 Å². The number of piperidine rings is 1. The zero-order chi connectivity index (χ0) is 21.8. The molecule has 1 aliphatic rings. The molecular formula is C27H29NO3. The van der Waals surface area contributed by atoms with E-state index in [9.17, 15) is 9.90 Å². The molecule has 31 heavy (non-hydrogen) atoms. The largest absolute Gasteiger partial charge is 0.507 e. The van der Waals surface area contributed by atoms with Gasteiger partial charge in [0.05, 0.1) is 6.61 Å². The van der Waals surface area contributed by atoms with Crippen LogP contribution in [0.3, 0.4) is 0 Å². The first kappa shape index (κ1) is 21.1. The Kier molecular flexibility index (Phi) is 6.38. The number of benzene rings is 3. The Hall–Kier alpha value is -3.11. The lowest BCUT2D eigenvalue weighted by Crippen LogP contribution is -2.32. The number of rotatable bonds is 6. The maximum absolute atomic E-state index is 12.3. The van der Waals surface area contributed by atoms with Crippen LogP contribution in [0.2, 0.25) is 0 Å². The summed E-state index contributed by atoms with van der Waals surface area (Å²) in [5.74, 6) is 1.36. The van der Waals surface area contributed by atoms with Gasteiger partial charge in [-0.3, -0.25) is 4.79 Å². The highest BCUT2D eigenvalue weighted by Crippen LogP contribution is 2.37. The number of hydrogen-bond acceptors (Lipinski definition) is 4. The molecule has 160 valence electrons. The Balaban J connectivity index is 1.64. The fourth-order valence-corrected chi connectivity index (χ4v) is 4.15. The van der Waals surface area contributed by atoms with E-state index in [1.54, 1.807) is 19.1 Å². The molecule has 3 aromatic carbocycles. The standard InChI is InChI=1S/C27H29NO3/c1-19(29)24-10-8-22(21-6-4-3-5-7-21)16-25(24)26-17-23(9-11-27(26)30)31-18-20-12-14-28(2)15-13-20/h3-11,16-17,20,30H,12-15,18H2,1-2H3. The van der Waals surface area contributed by atoms with Gasteiger partial charge < -0.3 is 14.7 Å². The summed E-state index contributed by atoms with van der Waals surface area (Å²) in [4.78, 5) is 14.7. The van der Waals surface area contributed by atoms with Crippen LogP contribution in [0.5, 0.6) is 11.5 Å². The third-order valence-electron chi connectivity index (χ3n) is 6.09. The summed E-state index contributed by atoms with van der Waals surface area (Å²) in [6.07, 6.45) is 2.27. The number of phenols is 1. The van der Waals surface area contributed by atoms with Crippen molar-refractivity contribution >= 4 is 5.78 Å². The van der Waals surface area contributed by atoms with Gasteiger partial charge in [0.2, 0.25) is 0 Å². The van der Waals surface area contributed by atoms with Gasteiger partial charge in [-0.1, -0.05) is 42.5 Å². The maximum atomic E-state index is 12.3.